The van der Waals surface area contributed by atoms with Gasteiger partial charge in [-0.1, -0.05) is 13.8 Å². The standard InChI is InChI=1S/C51H93N19O18S/c1-25(2)20-33(45(83)62-26(3)49(87)88)67-43(81)32(13-14-38(76)77)66-42(80)31(10-6-7-16-52)65-46(84)34(23-71)68-47(85)35(24-72)69-48(86)39(27(4)73)70-44(82)30(12-9-18-59-51(56)57)64-37(75)22-61-41(79)29(11-8-17-58-50(54)55)63-36(74)21-60-40(78)28(53)15-19-89-5/h25-35,39,71-73H,6-24,52-53H2,1-5H3,(H,60,78)(H,61,79)(H,62,83)(H,63,74)(H,64,75)(H,65,84)(H,66,80)(H,67,81)(H,68,85)(H,69,86)(H,70,82)(H,76,77)(H,87,88)(H4,54,55,58)(H4,56,57,59)/t26-,27+,28-,29-,30-,31-,32-,33-,34-,35-,39-/m0/s1. The van der Waals surface area contributed by atoms with Crippen LogP contribution in [0.25, 0.3) is 0 Å². The van der Waals surface area contributed by atoms with Gasteiger partial charge in [-0.25, -0.2) is 0 Å². The Morgan fingerprint density at radius 2 is 0.888 bits per heavy atom. The molecule has 0 saturated heterocycles. The van der Waals surface area contributed by atoms with Crippen LogP contribution in [0.15, 0.2) is 9.98 Å². The number of guanidine groups is 2. The number of aliphatic imine (C=N–C) groups is 2. The van der Waals surface area contributed by atoms with Gasteiger partial charge in [0, 0.05) is 19.5 Å². The van der Waals surface area contributed by atoms with Crippen LogP contribution >= 0.6 is 11.8 Å². The Bertz CT molecular complexity index is 2420. The molecule has 28 N–H and O–H groups in total. The van der Waals surface area contributed by atoms with Crippen molar-refractivity contribution in [2.75, 3.05) is 57.9 Å². The molecule has 0 heterocycles. The molecule has 0 aliphatic carbocycles. The average Bonchev–Trinajstić information content (AvgIpc) is 3.48. The minimum atomic E-state index is -1.97. The number of thioether (sulfide) groups is 1. The number of carboxylic acids is 2. The van der Waals surface area contributed by atoms with Gasteiger partial charge in [-0.2, -0.15) is 11.8 Å². The normalized spacial score (nSPS) is 14.6. The summed E-state index contributed by atoms with van der Waals surface area (Å²) in [5, 5.41) is 75.4. The third-order valence-corrected chi connectivity index (χ3v) is 13.3. The summed E-state index contributed by atoms with van der Waals surface area (Å²) < 4.78 is 0. The fourth-order valence-electron chi connectivity index (χ4n) is 7.78. The van der Waals surface area contributed by atoms with E-state index in [1.54, 1.807) is 13.8 Å². The zero-order valence-electron chi connectivity index (χ0n) is 50.7. The molecule has 38 heteroatoms. The predicted octanol–water partition coefficient (Wildman–Crippen LogP) is -9.72. The number of aliphatic hydroxyl groups is 3. The number of aliphatic hydroxyl groups excluding tert-OH is 3. The second-order valence-electron chi connectivity index (χ2n) is 20.8. The Kier molecular flexibility index (Phi) is 40.2. The lowest BCUT2D eigenvalue weighted by molar-refractivity contribution is -0.142. The molecule has 0 aromatic heterocycles. The van der Waals surface area contributed by atoms with Crippen molar-refractivity contribution < 1.29 is 87.9 Å². The summed E-state index contributed by atoms with van der Waals surface area (Å²) in [6, 6.07) is -15.5. The lowest BCUT2D eigenvalue weighted by atomic mass is 10.0. The third-order valence-electron chi connectivity index (χ3n) is 12.6. The zero-order chi connectivity index (χ0) is 67.9. The molecule has 11 atom stereocenters. The van der Waals surface area contributed by atoms with Gasteiger partial charge in [0.25, 0.3) is 0 Å². The number of carboxylic acid groups (broad SMARTS) is 2. The number of nitrogens with two attached hydrogens (primary N) is 6. The van der Waals surface area contributed by atoms with E-state index in [1.165, 1.54) is 18.7 Å². The zero-order valence-corrected chi connectivity index (χ0v) is 51.5. The summed E-state index contributed by atoms with van der Waals surface area (Å²) in [6.45, 7) is 2.06. The molecule has 506 valence electrons. The first-order valence-electron chi connectivity index (χ1n) is 28.5. The topological polar surface area (TPSA) is 636 Å². The molecule has 0 rings (SSSR count). The Balaban J connectivity index is 6.44. The number of amides is 11. The highest BCUT2D eigenvalue weighted by molar-refractivity contribution is 7.98. The smallest absolute Gasteiger partial charge is 0.325 e. The van der Waals surface area contributed by atoms with Gasteiger partial charge in [0.15, 0.2) is 11.9 Å². The van der Waals surface area contributed by atoms with Crippen LogP contribution in [-0.4, -0.2) is 239 Å². The van der Waals surface area contributed by atoms with Crippen LogP contribution in [0.3, 0.4) is 0 Å². The lowest BCUT2D eigenvalue weighted by Gasteiger charge is -2.28. The summed E-state index contributed by atoms with van der Waals surface area (Å²) in [4.78, 5) is 178. The van der Waals surface area contributed by atoms with Crippen molar-refractivity contribution in [1.82, 2.24) is 58.5 Å². The van der Waals surface area contributed by atoms with Crippen LogP contribution in [0.2, 0.25) is 0 Å². The van der Waals surface area contributed by atoms with E-state index in [1.807, 2.05) is 6.26 Å². The van der Waals surface area contributed by atoms with Crippen molar-refractivity contribution in [3.8, 4) is 0 Å². The second kappa shape index (κ2) is 44.3. The number of rotatable bonds is 46. The molecule has 0 saturated carbocycles. The minimum Gasteiger partial charge on any atom is -0.481 e. The van der Waals surface area contributed by atoms with Crippen molar-refractivity contribution in [2.45, 2.75) is 165 Å². The first kappa shape index (κ1) is 80.8. The number of unbranched alkanes of at least 4 members (excludes halogenated alkanes) is 1. The molecule has 0 aromatic rings. The van der Waals surface area contributed by atoms with Crippen molar-refractivity contribution in [2.24, 2.45) is 50.3 Å². The maximum absolute atomic E-state index is 13.9. The van der Waals surface area contributed by atoms with Crippen LogP contribution in [0.5, 0.6) is 0 Å². The fraction of sp³-hybridized carbons (Fsp3) is 0.706. The number of hydrogen-bond donors (Lipinski definition) is 22. The summed E-state index contributed by atoms with van der Waals surface area (Å²) in [6.07, 6.45) is -0.613. The number of carbonyl (C=O) groups excluding carboxylic acids is 11. The van der Waals surface area contributed by atoms with Crippen LogP contribution in [0.1, 0.15) is 98.3 Å². The van der Waals surface area contributed by atoms with Gasteiger partial charge in [0.05, 0.1) is 38.4 Å². The van der Waals surface area contributed by atoms with E-state index in [4.69, 9.17) is 34.4 Å². The largest absolute Gasteiger partial charge is 0.481 e. The predicted molar refractivity (Wildman–Crippen MR) is 323 cm³/mol. The van der Waals surface area contributed by atoms with E-state index >= 15 is 0 Å². The maximum atomic E-state index is 13.9. The van der Waals surface area contributed by atoms with Gasteiger partial charge in [-0.05, 0) is 103 Å². The third kappa shape index (κ3) is 34.8. The fourth-order valence-corrected chi connectivity index (χ4v) is 8.27. The van der Waals surface area contributed by atoms with Crippen molar-refractivity contribution in [1.29, 1.82) is 0 Å². The molecule has 0 aromatic carbocycles. The van der Waals surface area contributed by atoms with Gasteiger partial charge in [-0.3, -0.25) is 72.3 Å². The van der Waals surface area contributed by atoms with E-state index in [-0.39, 0.29) is 82.4 Å². The van der Waals surface area contributed by atoms with E-state index in [0.29, 0.717) is 18.6 Å². The minimum absolute atomic E-state index is 0.00737. The highest BCUT2D eigenvalue weighted by Crippen LogP contribution is 2.11. The van der Waals surface area contributed by atoms with Crippen molar-refractivity contribution in [3.63, 3.8) is 0 Å². The van der Waals surface area contributed by atoms with E-state index < -0.39 is 183 Å². The monoisotopic (exact) mass is 1290 g/mol. The van der Waals surface area contributed by atoms with Gasteiger partial charge in [0.2, 0.25) is 65.0 Å². The van der Waals surface area contributed by atoms with E-state index in [9.17, 15) is 87.9 Å². The first-order chi connectivity index (χ1) is 41.8. The van der Waals surface area contributed by atoms with Crippen LogP contribution < -0.4 is 92.9 Å². The number of carbonyl (C=O) groups is 13. The second-order valence-corrected chi connectivity index (χ2v) is 21.8. The molecule has 11 amide bonds. The first-order valence-corrected chi connectivity index (χ1v) is 29.9. The van der Waals surface area contributed by atoms with Crippen LogP contribution in [0, 0.1) is 5.92 Å². The SMILES string of the molecule is CSCC[C@H](N)C(=O)NCC(=O)N[C@@H](CCCN=C(N)N)C(=O)NCC(=O)N[C@@H](CCCN=C(N)N)C(=O)N[C@H](C(=O)N[C@@H](CO)C(=O)N[C@@H](CO)C(=O)N[C@@H](CCCCN)C(=O)N[C@@H](CCC(=O)O)C(=O)N[C@@H](CC(C)C)C(=O)N[C@@H](C)C(=O)O)[C@@H](C)O. The number of aliphatic carboxylic acids is 2. The van der Waals surface area contributed by atoms with E-state index in [0.717, 1.165) is 6.92 Å². The molecule has 0 radical (unpaired) electrons. The van der Waals surface area contributed by atoms with Crippen LogP contribution in [0.4, 0.5) is 0 Å². The molecule has 37 nitrogen and oxygen atoms in total. The molecule has 0 aliphatic rings. The highest BCUT2D eigenvalue weighted by atomic mass is 32.2. The summed E-state index contributed by atoms with van der Waals surface area (Å²) in [7, 11) is 0. The Morgan fingerprint density at radius 1 is 0.483 bits per heavy atom. The lowest BCUT2D eigenvalue weighted by Crippen LogP contribution is -2.62. The molecule has 0 spiro atoms. The molecule has 89 heavy (non-hydrogen) atoms. The molecule has 0 aliphatic heterocycles. The Morgan fingerprint density at radius 3 is 1.33 bits per heavy atom. The molecule has 0 bridgehead atoms. The number of nitrogens with one attached hydrogen (secondary N) is 11. The summed E-state index contributed by atoms with van der Waals surface area (Å²) in [5.41, 5.74) is 33.1. The molecule has 0 fully saturated rings. The molecular formula is C51H93N19O18S. The summed E-state index contributed by atoms with van der Waals surface area (Å²) in [5.74, 6) is -14.1. The average molecular weight is 1290 g/mol. The highest BCUT2D eigenvalue weighted by Gasteiger charge is 2.36. The molecular weight excluding hydrogens is 1200 g/mol. The van der Waals surface area contributed by atoms with E-state index in [2.05, 4.69) is 68.5 Å². The molecule has 0 unspecified atom stereocenters. The van der Waals surface area contributed by atoms with Gasteiger partial charge in [-0.15, -0.1) is 0 Å². The Hall–Kier alpha value is -8.20. The van der Waals surface area contributed by atoms with Gasteiger partial charge >= 0.3 is 11.9 Å². The Labute approximate surface area is 518 Å². The van der Waals surface area contributed by atoms with Crippen molar-refractivity contribution in [3.05, 3.63) is 0 Å². The summed E-state index contributed by atoms with van der Waals surface area (Å²) >= 11 is 1.47. The maximum Gasteiger partial charge on any atom is 0.325 e. The van der Waals surface area contributed by atoms with Crippen LogP contribution in [-0.2, 0) is 62.3 Å². The number of hydrogen-bond acceptors (Lipinski definition) is 21. The van der Waals surface area contributed by atoms with Gasteiger partial charge < -0.3 is 118 Å². The van der Waals surface area contributed by atoms with Gasteiger partial charge in [0.1, 0.15) is 54.4 Å². The number of nitrogens with zero attached hydrogens (tertiary/aromatic N) is 2. The van der Waals surface area contributed by atoms with Crippen molar-refractivity contribution >= 4 is 101 Å². The quantitative estimate of drug-likeness (QED) is 0.0153.